The van der Waals surface area contributed by atoms with Crippen molar-refractivity contribution in [2.45, 2.75) is 25.3 Å². The maximum atomic E-state index is 13.1. The molecule has 0 atom stereocenters. The molecule has 0 aliphatic carbocycles. The van der Waals surface area contributed by atoms with Gasteiger partial charge >= 0.3 is 0 Å². The minimum Gasteiger partial charge on any atom is -0.459 e. The molecule has 1 fully saturated rings. The van der Waals surface area contributed by atoms with Crippen molar-refractivity contribution in [3.63, 3.8) is 0 Å². The third kappa shape index (κ3) is 5.28. The molecule has 1 amide bonds. The van der Waals surface area contributed by atoms with Gasteiger partial charge in [0.2, 0.25) is 0 Å². The number of nitrogens with zero attached hydrogens (tertiary/aromatic N) is 2. The molecule has 4 nitrogen and oxygen atoms in total. The highest BCUT2D eigenvalue weighted by Gasteiger charge is 2.30. The van der Waals surface area contributed by atoms with Crippen molar-refractivity contribution in [2.24, 2.45) is 0 Å². The van der Waals surface area contributed by atoms with Crippen LogP contribution >= 0.6 is 12.4 Å². The van der Waals surface area contributed by atoms with Crippen molar-refractivity contribution in [1.29, 1.82) is 0 Å². The van der Waals surface area contributed by atoms with Gasteiger partial charge in [-0.15, -0.1) is 12.4 Å². The number of carbonyl (C=O) groups is 1. The lowest BCUT2D eigenvalue weighted by molar-refractivity contribution is 0.0933. The summed E-state index contributed by atoms with van der Waals surface area (Å²) < 4.78 is 5.40. The van der Waals surface area contributed by atoms with E-state index in [-0.39, 0.29) is 24.4 Å². The maximum Gasteiger partial charge on any atom is 0.294 e. The van der Waals surface area contributed by atoms with E-state index in [0.29, 0.717) is 5.76 Å². The molecule has 1 saturated heterocycles. The number of piperidine rings is 1. The molecule has 1 aliphatic heterocycles. The van der Waals surface area contributed by atoms with Gasteiger partial charge in [-0.25, -0.2) is 0 Å². The first kappa shape index (κ1) is 21.2. The summed E-state index contributed by atoms with van der Waals surface area (Å²) in [7, 11) is 0. The third-order valence-corrected chi connectivity index (χ3v) is 5.47. The summed E-state index contributed by atoms with van der Waals surface area (Å²) in [6, 6.07) is 24.3. The van der Waals surface area contributed by atoms with Crippen LogP contribution in [0.2, 0.25) is 0 Å². The number of amides is 1. The number of hydrogen-bond donors (Lipinski definition) is 0. The predicted molar refractivity (Wildman–Crippen MR) is 119 cm³/mol. The highest BCUT2D eigenvalue weighted by Crippen LogP contribution is 2.26. The van der Waals surface area contributed by atoms with Crippen molar-refractivity contribution in [3.05, 3.63) is 90.4 Å². The van der Waals surface area contributed by atoms with Crippen LogP contribution in [0.1, 0.15) is 29.0 Å². The van der Waals surface area contributed by atoms with E-state index in [0.717, 1.165) is 44.6 Å². The van der Waals surface area contributed by atoms with Crippen molar-refractivity contribution in [1.82, 2.24) is 4.90 Å². The Kier molecular flexibility index (Phi) is 7.50. The highest BCUT2D eigenvalue weighted by atomic mass is 35.5. The Balaban J connectivity index is 0.00000240. The first-order chi connectivity index (χ1) is 13.8. The first-order valence-electron chi connectivity index (χ1n) is 9.99. The standard InChI is InChI=1S/C24H26N2O2.ClH/c27-24(23-12-7-19-28-23)26(21-10-5-2-6-11-21)22-14-17-25(18-15-22)16-13-20-8-3-1-4-9-20;/h1-12,19,22H,13-18H2;1H/i2+1,5+1,6+1,10+1,11+1,21+1;. The summed E-state index contributed by atoms with van der Waals surface area (Å²) in [5, 5.41) is 0. The van der Waals surface area contributed by atoms with Crippen LogP contribution < -0.4 is 4.90 Å². The number of carbonyl (C=O) groups excluding carboxylic acids is 1. The molecule has 5 heteroatoms. The number of para-hydroxylation sites is 1. The van der Waals surface area contributed by atoms with Crippen LogP contribution in [-0.4, -0.2) is 36.5 Å². The molecule has 2 heterocycles. The van der Waals surface area contributed by atoms with Gasteiger partial charge in [-0.1, -0.05) is 48.5 Å². The quantitative estimate of drug-likeness (QED) is 0.563. The van der Waals surface area contributed by atoms with Crippen LogP contribution in [-0.2, 0) is 6.42 Å². The Morgan fingerprint density at radius 1 is 0.931 bits per heavy atom. The second kappa shape index (κ2) is 10.3. The van der Waals surface area contributed by atoms with Gasteiger partial charge in [-0.3, -0.25) is 4.79 Å². The van der Waals surface area contributed by atoms with Gasteiger partial charge in [0.05, 0.1) is 6.26 Å². The number of hydrogen-bond acceptors (Lipinski definition) is 3. The molecule has 0 unspecified atom stereocenters. The van der Waals surface area contributed by atoms with Gasteiger partial charge in [0, 0.05) is 31.4 Å². The van der Waals surface area contributed by atoms with E-state index in [1.54, 1.807) is 18.4 Å². The molecule has 29 heavy (non-hydrogen) atoms. The molecule has 0 N–H and O–H groups in total. The van der Waals surface area contributed by atoms with E-state index in [2.05, 4.69) is 35.2 Å². The molecule has 0 spiro atoms. The molecular weight excluding hydrogens is 390 g/mol. The second-order valence-electron chi connectivity index (χ2n) is 7.30. The largest absolute Gasteiger partial charge is 0.459 e. The van der Waals surface area contributed by atoms with Crippen LogP contribution in [0.25, 0.3) is 0 Å². The number of rotatable bonds is 6. The smallest absolute Gasteiger partial charge is 0.294 e. The molecule has 0 radical (unpaired) electrons. The first-order valence-corrected chi connectivity index (χ1v) is 9.99. The van der Waals surface area contributed by atoms with Crippen LogP contribution in [0.5, 0.6) is 0 Å². The zero-order valence-electron chi connectivity index (χ0n) is 16.4. The summed E-state index contributed by atoms with van der Waals surface area (Å²) in [4.78, 5) is 17.5. The van der Waals surface area contributed by atoms with Crippen LogP contribution in [0.3, 0.4) is 0 Å². The molecule has 2 aromatic carbocycles. The van der Waals surface area contributed by atoms with E-state index in [1.165, 1.54) is 5.56 Å². The van der Waals surface area contributed by atoms with E-state index in [1.807, 2.05) is 35.2 Å². The van der Waals surface area contributed by atoms with Gasteiger partial charge in [0.1, 0.15) is 0 Å². The monoisotopic (exact) mass is 416 g/mol. The maximum absolute atomic E-state index is 13.1. The number of halogens is 1. The Labute approximate surface area is 178 Å². The van der Waals surface area contributed by atoms with Crippen molar-refractivity contribution in [2.75, 3.05) is 24.5 Å². The Morgan fingerprint density at radius 3 is 2.21 bits per heavy atom. The second-order valence-corrected chi connectivity index (χ2v) is 7.30. The lowest BCUT2D eigenvalue weighted by Crippen LogP contribution is -2.48. The number of furan rings is 1. The molecule has 1 aromatic heterocycles. The van der Waals surface area contributed by atoms with E-state index in [4.69, 9.17) is 4.42 Å². The average molecular weight is 417 g/mol. The molecule has 0 saturated carbocycles. The lowest BCUT2D eigenvalue weighted by Gasteiger charge is -2.38. The SMILES string of the molecule is Cl.O=C(c1ccco1)N(C1CCN(CCc2ccccc2)CC1)[13c]1[13cH][13cH][13cH][13cH][13cH]1. The van der Waals surface area contributed by atoms with E-state index in [9.17, 15) is 4.79 Å². The minimum atomic E-state index is -0.0565. The highest BCUT2D eigenvalue weighted by molar-refractivity contribution is 6.04. The molecule has 1 aliphatic rings. The fourth-order valence-electron chi connectivity index (χ4n) is 3.93. The fraction of sp³-hybridized carbons (Fsp3) is 0.292. The predicted octanol–water partition coefficient (Wildman–Crippen LogP) is 5.06. The minimum absolute atomic E-state index is 0. The van der Waals surface area contributed by atoms with Crippen LogP contribution in [0.4, 0.5) is 5.69 Å². The summed E-state index contributed by atoms with van der Waals surface area (Å²) in [6.07, 6.45) is 4.56. The Hall–Kier alpha value is -2.56. The number of benzene rings is 2. The van der Waals surface area contributed by atoms with Crippen molar-refractivity contribution < 1.29 is 9.21 Å². The van der Waals surface area contributed by atoms with Gasteiger partial charge < -0.3 is 14.2 Å². The number of likely N-dealkylation sites (tertiary alicyclic amines) is 1. The third-order valence-electron chi connectivity index (χ3n) is 5.47. The molecule has 4 rings (SSSR count). The molecule has 0 bridgehead atoms. The summed E-state index contributed by atoms with van der Waals surface area (Å²) in [5.74, 6) is 0.342. The number of anilines is 1. The lowest BCUT2D eigenvalue weighted by atomic mass is 10.0. The van der Waals surface area contributed by atoms with E-state index < -0.39 is 0 Å². The molecular formula is C24H27ClN2O2. The normalized spacial score (nSPS) is 14.9. The topological polar surface area (TPSA) is 36.7 Å². The zero-order valence-corrected chi connectivity index (χ0v) is 17.3. The van der Waals surface area contributed by atoms with Crippen LogP contribution in [0, 0.1) is 0 Å². The Morgan fingerprint density at radius 2 is 1.59 bits per heavy atom. The van der Waals surface area contributed by atoms with E-state index >= 15 is 0 Å². The molecule has 3 aromatic rings. The average Bonchev–Trinajstić information content (AvgIpc) is 3.30. The van der Waals surface area contributed by atoms with Crippen molar-refractivity contribution in [3.8, 4) is 0 Å². The fourth-order valence-corrected chi connectivity index (χ4v) is 3.93. The van der Waals surface area contributed by atoms with Gasteiger partial charge in [-0.2, -0.15) is 0 Å². The van der Waals surface area contributed by atoms with Crippen LogP contribution in [0.15, 0.2) is 83.5 Å². The summed E-state index contributed by atoms with van der Waals surface area (Å²) >= 11 is 0. The van der Waals surface area contributed by atoms with Crippen molar-refractivity contribution >= 4 is 24.0 Å². The Bertz CT molecular complexity index is 860. The summed E-state index contributed by atoms with van der Waals surface area (Å²) in [5.41, 5.74) is 2.31. The van der Waals surface area contributed by atoms with Gasteiger partial charge in [-0.05, 0) is 49.1 Å². The van der Waals surface area contributed by atoms with Gasteiger partial charge in [0.15, 0.2) is 5.76 Å². The zero-order chi connectivity index (χ0) is 19.2. The van der Waals surface area contributed by atoms with Gasteiger partial charge in [0.25, 0.3) is 5.91 Å². The molecule has 152 valence electrons. The summed E-state index contributed by atoms with van der Waals surface area (Å²) in [6.45, 7) is 3.08.